The fraction of sp³-hybridized carbons (Fsp3) is 0.520. The number of hydrogen-bond acceptors (Lipinski definition) is 2. The topological polar surface area (TPSA) is 24.1 Å². The number of halogens is 2. The Balaban J connectivity index is 0.00000210. The molecule has 1 fully saturated rings. The first-order valence-electron chi connectivity index (χ1n) is 10.8. The summed E-state index contributed by atoms with van der Waals surface area (Å²) in [6.07, 6.45) is 6.34. The highest BCUT2D eigenvalue weighted by molar-refractivity contribution is 5.85. The summed E-state index contributed by atoms with van der Waals surface area (Å²) in [5, 5.41) is 7.65. The molecular formula is C25H38Cl2N2. The Labute approximate surface area is 190 Å². The van der Waals surface area contributed by atoms with Crippen molar-refractivity contribution >= 4 is 24.8 Å². The number of rotatable bonds is 8. The summed E-state index contributed by atoms with van der Waals surface area (Å²) in [6, 6.07) is 19.3. The summed E-state index contributed by atoms with van der Waals surface area (Å²) < 4.78 is 0. The lowest BCUT2D eigenvalue weighted by atomic mass is 9.90. The molecule has 4 heteroatoms. The van der Waals surface area contributed by atoms with E-state index in [9.17, 15) is 0 Å². The van der Waals surface area contributed by atoms with E-state index in [0.717, 1.165) is 19.5 Å². The molecule has 1 saturated carbocycles. The Kier molecular flexibility index (Phi) is 11.9. The van der Waals surface area contributed by atoms with Gasteiger partial charge in [-0.3, -0.25) is 0 Å². The van der Waals surface area contributed by atoms with Crippen LogP contribution in [0.3, 0.4) is 0 Å². The van der Waals surface area contributed by atoms with Gasteiger partial charge in [-0.25, -0.2) is 0 Å². The number of nitrogens with one attached hydrogen (secondary N) is 2. The summed E-state index contributed by atoms with van der Waals surface area (Å²) >= 11 is 0. The Morgan fingerprint density at radius 2 is 1.14 bits per heavy atom. The standard InChI is InChI=1S/C25H36N2.2ClH/c1-4-20-9-11-21(12-10-20)17-26-24-7-5-6-8-25(24)27-18-22-13-15-23(16-14-22)19(2)3;;/h9-16,19,24-27H,4-8,17-18H2,1-3H3;2*1H. The second-order valence-corrected chi connectivity index (χ2v) is 8.33. The summed E-state index contributed by atoms with van der Waals surface area (Å²) in [5.41, 5.74) is 5.61. The van der Waals surface area contributed by atoms with E-state index in [0.29, 0.717) is 18.0 Å². The Bertz CT molecular complexity index is 683. The molecule has 2 nitrogen and oxygen atoms in total. The SMILES string of the molecule is CCc1ccc(CNC2CCCCC2NCc2ccc(C(C)C)cc2)cc1.Cl.Cl. The summed E-state index contributed by atoms with van der Waals surface area (Å²) in [5.74, 6) is 0.602. The van der Waals surface area contributed by atoms with E-state index in [2.05, 4.69) is 79.9 Å². The lowest BCUT2D eigenvalue weighted by Gasteiger charge is -2.33. The van der Waals surface area contributed by atoms with Crippen molar-refractivity contribution in [3.8, 4) is 0 Å². The van der Waals surface area contributed by atoms with E-state index in [1.54, 1.807) is 0 Å². The molecule has 2 atom stereocenters. The van der Waals surface area contributed by atoms with Crippen molar-refractivity contribution in [2.75, 3.05) is 0 Å². The van der Waals surface area contributed by atoms with Crippen LogP contribution in [0, 0.1) is 0 Å². The van der Waals surface area contributed by atoms with Gasteiger partial charge in [-0.2, -0.15) is 0 Å². The largest absolute Gasteiger partial charge is 0.308 e. The lowest BCUT2D eigenvalue weighted by Crippen LogP contribution is -2.49. The molecule has 0 heterocycles. The van der Waals surface area contributed by atoms with Crippen molar-refractivity contribution in [3.05, 3.63) is 70.8 Å². The first-order valence-corrected chi connectivity index (χ1v) is 10.8. The quantitative estimate of drug-likeness (QED) is 0.499. The molecule has 2 N–H and O–H groups in total. The van der Waals surface area contributed by atoms with E-state index in [-0.39, 0.29) is 24.8 Å². The van der Waals surface area contributed by atoms with Crippen LogP contribution >= 0.6 is 24.8 Å². The minimum absolute atomic E-state index is 0. The van der Waals surface area contributed by atoms with Gasteiger partial charge in [-0.1, -0.05) is 82.1 Å². The van der Waals surface area contributed by atoms with E-state index >= 15 is 0 Å². The minimum atomic E-state index is 0. The molecule has 162 valence electrons. The van der Waals surface area contributed by atoms with Crippen molar-refractivity contribution in [1.29, 1.82) is 0 Å². The molecule has 2 aromatic carbocycles. The predicted molar refractivity (Wildman–Crippen MR) is 131 cm³/mol. The Hall–Kier alpha value is -1.06. The first kappa shape index (κ1) is 26.0. The van der Waals surface area contributed by atoms with Crippen molar-refractivity contribution in [2.24, 2.45) is 0 Å². The van der Waals surface area contributed by atoms with E-state index in [1.807, 2.05) is 0 Å². The van der Waals surface area contributed by atoms with Gasteiger partial charge < -0.3 is 10.6 Å². The van der Waals surface area contributed by atoms with Gasteiger partial charge in [0.05, 0.1) is 0 Å². The highest BCUT2D eigenvalue weighted by Crippen LogP contribution is 2.20. The second kappa shape index (κ2) is 13.3. The zero-order chi connectivity index (χ0) is 19.1. The molecule has 1 aliphatic carbocycles. The molecule has 0 aliphatic heterocycles. The number of benzene rings is 2. The molecule has 1 aliphatic rings. The highest BCUT2D eigenvalue weighted by atomic mass is 35.5. The third-order valence-corrected chi connectivity index (χ3v) is 5.98. The minimum Gasteiger partial charge on any atom is -0.308 e. The fourth-order valence-electron chi connectivity index (χ4n) is 4.03. The van der Waals surface area contributed by atoms with Crippen LogP contribution < -0.4 is 10.6 Å². The second-order valence-electron chi connectivity index (χ2n) is 8.33. The first-order chi connectivity index (χ1) is 13.2. The van der Waals surface area contributed by atoms with E-state index in [1.165, 1.54) is 47.9 Å². The van der Waals surface area contributed by atoms with Crippen LogP contribution in [0.2, 0.25) is 0 Å². The molecule has 0 aromatic heterocycles. The van der Waals surface area contributed by atoms with Gasteiger partial charge in [0.15, 0.2) is 0 Å². The van der Waals surface area contributed by atoms with E-state index < -0.39 is 0 Å². The average molecular weight is 437 g/mol. The van der Waals surface area contributed by atoms with Crippen LogP contribution in [0.4, 0.5) is 0 Å². The maximum absolute atomic E-state index is 3.83. The highest BCUT2D eigenvalue weighted by Gasteiger charge is 2.24. The van der Waals surface area contributed by atoms with Crippen LogP contribution in [0.15, 0.2) is 48.5 Å². The van der Waals surface area contributed by atoms with Gasteiger partial charge in [-0.15, -0.1) is 24.8 Å². The van der Waals surface area contributed by atoms with Crippen molar-refractivity contribution in [1.82, 2.24) is 10.6 Å². The van der Waals surface area contributed by atoms with Crippen LogP contribution in [0.25, 0.3) is 0 Å². The average Bonchev–Trinajstić information content (AvgIpc) is 2.72. The molecule has 0 amide bonds. The maximum atomic E-state index is 3.83. The molecule has 2 unspecified atom stereocenters. The van der Waals surface area contributed by atoms with E-state index in [4.69, 9.17) is 0 Å². The molecular weight excluding hydrogens is 399 g/mol. The smallest absolute Gasteiger partial charge is 0.0224 e. The van der Waals surface area contributed by atoms with Gasteiger partial charge >= 0.3 is 0 Å². The lowest BCUT2D eigenvalue weighted by molar-refractivity contribution is 0.281. The van der Waals surface area contributed by atoms with Gasteiger partial charge in [-0.05, 0) is 47.4 Å². The van der Waals surface area contributed by atoms with Crippen LogP contribution in [-0.2, 0) is 19.5 Å². The van der Waals surface area contributed by atoms with Gasteiger partial charge in [0.1, 0.15) is 0 Å². The van der Waals surface area contributed by atoms with Crippen molar-refractivity contribution in [3.63, 3.8) is 0 Å². The van der Waals surface area contributed by atoms with Crippen molar-refractivity contribution in [2.45, 2.75) is 84.0 Å². The summed E-state index contributed by atoms with van der Waals surface area (Å²) in [4.78, 5) is 0. The molecule has 29 heavy (non-hydrogen) atoms. The third-order valence-electron chi connectivity index (χ3n) is 5.98. The maximum Gasteiger partial charge on any atom is 0.0224 e. The van der Waals surface area contributed by atoms with Crippen LogP contribution in [-0.4, -0.2) is 12.1 Å². The zero-order valence-electron chi connectivity index (χ0n) is 18.1. The Morgan fingerprint density at radius 1 is 0.724 bits per heavy atom. The summed E-state index contributed by atoms with van der Waals surface area (Å²) in [7, 11) is 0. The van der Waals surface area contributed by atoms with Crippen LogP contribution in [0.5, 0.6) is 0 Å². The predicted octanol–water partition coefficient (Wildman–Crippen LogP) is 6.41. The summed E-state index contributed by atoms with van der Waals surface area (Å²) in [6.45, 7) is 8.65. The van der Waals surface area contributed by atoms with Crippen molar-refractivity contribution < 1.29 is 0 Å². The fourth-order valence-corrected chi connectivity index (χ4v) is 4.03. The van der Waals surface area contributed by atoms with Crippen LogP contribution in [0.1, 0.15) is 74.6 Å². The van der Waals surface area contributed by atoms with Gasteiger partial charge in [0.2, 0.25) is 0 Å². The molecule has 0 bridgehead atoms. The monoisotopic (exact) mass is 436 g/mol. The Morgan fingerprint density at radius 3 is 1.55 bits per heavy atom. The zero-order valence-corrected chi connectivity index (χ0v) is 19.8. The molecule has 0 saturated heterocycles. The van der Waals surface area contributed by atoms with Gasteiger partial charge in [0, 0.05) is 25.2 Å². The number of aryl methyl sites for hydroxylation is 1. The molecule has 0 radical (unpaired) electrons. The number of hydrogen-bond donors (Lipinski definition) is 2. The third kappa shape index (κ3) is 7.94. The van der Waals surface area contributed by atoms with Gasteiger partial charge in [0.25, 0.3) is 0 Å². The molecule has 2 aromatic rings. The molecule has 0 spiro atoms. The molecule has 3 rings (SSSR count). The normalized spacial score (nSPS) is 18.8.